The number of hydrogen-bond donors (Lipinski definition) is 0. The summed E-state index contributed by atoms with van der Waals surface area (Å²) in [4.78, 5) is 0. The molecule has 0 heterocycles. The lowest BCUT2D eigenvalue weighted by atomic mass is 10.1. The first-order valence-corrected chi connectivity index (χ1v) is 6.83. The molecule has 4 nitrogen and oxygen atoms in total. The van der Waals surface area contributed by atoms with Gasteiger partial charge in [0.05, 0.1) is 13.2 Å². The molecule has 0 saturated carbocycles. The van der Waals surface area contributed by atoms with E-state index in [1.807, 2.05) is 0 Å². The predicted octanol–water partition coefficient (Wildman–Crippen LogP) is 3.58. The molecule has 0 saturated heterocycles. The van der Waals surface area contributed by atoms with Crippen LogP contribution in [0.25, 0.3) is 0 Å². The van der Waals surface area contributed by atoms with Crippen LogP contribution in [0.1, 0.15) is 26.7 Å². The number of rotatable bonds is 6. The van der Waals surface area contributed by atoms with Crippen LogP contribution in [0.15, 0.2) is 10.2 Å². The minimum absolute atomic E-state index is 0.308. The van der Waals surface area contributed by atoms with E-state index in [0.717, 1.165) is 17.3 Å². The molecule has 0 aromatic carbocycles. The third-order valence-corrected chi connectivity index (χ3v) is 4.10. The summed E-state index contributed by atoms with van der Waals surface area (Å²) >= 11 is 3.30. The van der Waals surface area contributed by atoms with Gasteiger partial charge in [0.25, 0.3) is 0 Å². The Morgan fingerprint density at radius 1 is 1.29 bits per heavy atom. The zero-order valence-corrected chi connectivity index (χ0v) is 10.8. The average molecular weight is 285 g/mol. The third-order valence-electron chi connectivity index (χ3n) is 1.67. The van der Waals surface area contributed by atoms with Gasteiger partial charge in [-0.3, -0.25) is 9.05 Å². The second kappa shape index (κ2) is 5.31. The van der Waals surface area contributed by atoms with E-state index in [4.69, 9.17) is 13.6 Å². The van der Waals surface area contributed by atoms with E-state index in [0.29, 0.717) is 19.0 Å². The van der Waals surface area contributed by atoms with Crippen molar-refractivity contribution in [3.05, 3.63) is 10.2 Å². The molecule has 0 unspecified atom stereocenters. The molecular weight excluding hydrogens is 271 g/mol. The Balaban J connectivity index is 2.59. The maximum atomic E-state index is 11.8. The van der Waals surface area contributed by atoms with E-state index < -0.39 is 7.82 Å². The topological polar surface area (TPSA) is 44.8 Å². The standard InChI is InChI=1S/C8H14BrO4P/c1-3-11-14(10,12-4-2)13-8-6-5-7(8)9/h3-6H2,1-2H3. The van der Waals surface area contributed by atoms with Crippen LogP contribution in [0.3, 0.4) is 0 Å². The fraction of sp³-hybridized carbons (Fsp3) is 0.750. The van der Waals surface area contributed by atoms with Crippen molar-refractivity contribution < 1.29 is 18.1 Å². The van der Waals surface area contributed by atoms with Gasteiger partial charge >= 0.3 is 7.82 Å². The normalized spacial score (nSPS) is 16.8. The summed E-state index contributed by atoms with van der Waals surface area (Å²) in [5.74, 6) is 0.676. The molecule has 0 N–H and O–H groups in total. The first-order chi connectivity index (χ1) is 6.61. The second-order valence-corrected chi connectivity index (χ2v) is 5.25. The summed E-state index contributed by atoms with van der Waals surface area (Å²) in [6.45, 7) is 4.11. The summed E-state index contributed by atoms with van der Waals surface area (Å²) in [6, 6.07) is 0. The molecule has 1 rings (SSSR count). The van der Waals surface area contributed by atoms with Crippen molar-refractivity contribution >= 4 is 23.8 Å². The van der Waals surface area contributed by atoms with Crippen LogP contribution >= 0.6 is 23.8 Å². The molecule has 0 amide bonds. The Morgan fingerprint density at radius 3 is 2.14 bits per heavy atom. The summed E-state index contributed by atoms with van der Waals surface area (Å²) in [5, 5.41) is 0. The number of allylic oxidation sites excluding steroid dienone is 2. The summed E-state index contributed by atoms with van der Waals surface area (Å²) in [7, 11) is -3.37. The Morgan fingerprint density at radius 2 is 1.86 bits per heavy atom. The third kappa shape index (κ3) is 3.09. The van der Waals surface area contributed by atoms with Crippen molar-refractivity contribution in [3.63, 3.8) is 0 Å². The first kappa shape index (κ1) is 12.2. The van der Waals surface area contributed by atoms with Gasteiger partial charge < -0.3 is 4.52 Å². The number of halogens is 1. The molecule has 82 valence electrons. The van der Waals surface area contributed by atoms with Gasteiger partial charge in [-0.15, -0.1) is 0 Å². The van der Waals surface area contributed by atoms with E-state index in [2.05, 4.69) is 15.9 Å². The van der Waals surface area contributed by atoms with Gasteiger partial charge in [-0.1, -0.05) is 15.9 Å². The van der Waals surface area contributed by atoms with Crippen LogP contribution in [-0.2, 0) is 18.1 Å². The van der Waals surface area contributed by atoms with Gasteiger partial charge in [0.2, 0.25) is 0 Å². The maximum Gasteiger partial charge on any atom is 0.529 e. The molecule has 0 bridgehead atoms. The lowest BCUT2D eigenvalue weighted by molar-refractivity contribution is 0.139. The van der Waals surface area contributed by atoms with Gasteiger partial charge in [-0.05, 0) is 20.3 Å². The Labute approximate surface area is 92.4 Å². The van der Waals surface area contributed by atoms with E-state index in [1.54, 1.807) is 13.8 Å². The van der Waals surface area contributed by atoms with Gasteiger partial charge in [0.1, 0.15) is 5.76 Å². The van der Waals surface area contributed by atoms with E-state index >= 15 is 0 Å². The maximum absolute atomic E-state index is 11.8. The summed E-state index contributed by atoms with van der Waals surface area (Å²) < 4.78 is 28.0. The number of phosphoric ester groups is 1. The van der Waals surface area contributed by atoms with Crippen LogP contribution in [0.4, 0.5) is 0 Å². The highest BCUT2D eigenvalue weighted by molar-refractivity contribution is 9.11. The van der Waals surface area contributed by atoms with Crippen molar-refractivity contribution in [1.82, 2.24) is 0 Å². The SMILES string of the molecule is CCOP(=O)(OCC)OC1=C(Br)CC1. The molecule has 1 aliphatic carbocycles. The quantitative estimate of drug-likeness (QED) is 0.700. The van der Waals surface area contributed by atoms with Crippen molar-refractivity contribution in [2.45, 2.75) is 26.7 Å². The molecule has 1 aliphatic rings. The molecule has 0 atom stereocenters. The molecule has 0 aromatic rings. The minimum atomic E-state index is -3.37. The highest BCUT2D eigenvalue weighted by Crippen LogP contribution is 2.54. The summed E-state index contributed by atoms with van der Waals surface area (Å²) in [6.07, 6.45) is 1.71. The Kier molecular flexibility index (Phi) is 4.64. The van der Waals surface area contributed by atoms with Crippen molar-refractivity contribution in [2.75, 3.05) is 13.2 Å². The van der Waals surface area contributed by atoms with Crippen molar-refractivity contribution in [1.29, 1.82) is 0 Å². The largest absolute Gasteiger partial charge is 0.529 e. The van der Waals surface area contributed by atoms with E-state index in [9.17, 15) is 4.57 Å². The van der Waals surface area contributed by atoms with Crippen LogP contribution in [0, 0.1) is 0 Å². The molecule has 0 spiro atoms. The van der Waals surface area contributed by atoms with E-state index in [-0.39, 0.29) is 0 Å². The van der Waals surface area contributed by atoms with Crippen LogP contribution in [0.5, 0.6) is 0 Å². The van der Waals surface area contributed by atoms with Crippen molar-refractivity contribution in [3.8, 4) is 0 Å². The molecule has 14 heavy (non-hydrogen) atoms. The number of phosphoric acid groups is 1. The average Bonchev–Trinajstić information content (AvgIpc) is 2.13. The van der Waals surface area contributed by atoms with Gasteiger partial charge in [0, 0.05) is 10.9 Å². The van der Waals surface area contributed by atoms with Gasteiger partial charge in [-0.25, -0.2) is 4.57 Å². The first-order valence-electron chi connectivity index (χ1n) is 4.57. The van der Waals surface area contributed by atoms with Crippen LogP contribution < -0.4 is 0 Å². The second-order valence-electron chi connectivity index (χ2n) is 2.70. The monoisotopic (exact) mass is 284 g/mol. The highest BCUT2D eigenvalue weighted by atomic mass is 79.9. The molecule has 6 heteroatoms. The zero-order valence-electron chi connectivity index (χ0n) is 8.29. The molecule has 0 fully saturated rings. The number of hydrogen-bond acceptors (Lipinski definition) is 4. The molecular formula is C8H14BrO4P. The lowest BCUT2D eigenvalue weighted by Gasteiger charge is -2.24. The van der Waals surface area contributed by atoms with Crippen LogP contribution in [0.2, 0.25) is 0 Å². The highest BCUT2D eigenvalue weighted by Gasteiger charge is 2.31. The lowest BCUT2D eigenvalue weighted by Crippen LogP contribution is -2.06. The van der Waals surface area contributed by atoms with Gasteiger partial charge in [0.15, 0.2) is 0 Å². The Hall–Kier alpha value is 0.170. The molecule has 0 aromatic heterocycles. The zero-order chi connectivity index (χ0) is 10.6. The van der Waals surface area contributed by atoms with Gasteiger partial charge in [-0.2, -0.15) is 0 Å². The Bertz CT molecular complexity index is 267. The summed E-state index contributed by atoms with van der Waals surface area (Å²) in [5.41, 5.74) is 0. The fourth-order valence-electron chi connectivity index (χ4n) is 0.958. The minimum Gasteiger partial charge on any atom is -0.408 e. The van der Waals surface area contributed by atoms with Crippen molar-refractivity contribution in [2.24, 2.45) is 0 Å². The fourth-order valence-corrected chi connectivity index (χ4v) is 2.84. The molecule has 0 aliphatic heterocycles. The van der Waals surface area contributed by atoms with E-state index in [1.165, 1.54) is 0 Å². The molecule has 0 radical (unpaired) electrons. The van der Waals surface area contributed by atoms with Crippen LogP contribution in [-0.4, -0.2) is 13.2 Å². The smallest absolute Gasteiger partial charge is 0.408 e. The predicted molar refractivity (Wildman–Crippen MR) is 57.1 cm³/mol.